The van der Waals surface area contributed by atoms with E-state index in [0.717, 1.165) is 29.5 Å². The Hall–Kier alpha value is -2.57. The van der Waals surface area contributed by atoms with Crippen LogP contribution in [0.25, 0.3) is 0 Å². The molecule has 7 heteroatoms. The first-order valence-electron chi connectivity index (χ1n) is 14.1. The van der Waals surface area contributed by atoms with E-state index in [4.69, 9.17) is 4.74 Å². The molecule has 0 aromatic heterocycles. The summed E-state index contributed by atoms with van der Waals surface area (Å²) in [6.45, 7) is 23.5. The van der Waals surface area contributed by atoms with Crippen molar-refractivity contribution in [3.05, 3.63) is 34.9 Å². The predicted molar refractivity (Wildman–Crippen MR) is 155 cm³/mol. The Morgan fingerprint density at radius 1 is 0.895 bits per heavy atom. The van der Waals surface area contributed by atoms with Gasteiger partial charge in [0.1, 0.15) is 17.7 Å². The molecule has 0 bridgehead atoms. The molecule has 0 spiro atoms. The van der Waals surface area contributed by atoms with E-state index < -0.39 is 23.8 Å². The maximum atomic E-state index is 14.4. The largest absolute Gasteiger partial charge is 0.444 e. The molecule has 7 nitrogen and oxygen atoms in total. The van der Waals surface area contributed by atoms with Crippen LogP contribution in [0.1, 0.15) is 111 Å². The number of carbonyl (C=O) groups is 3. The number of alkyl carbamates (subject to hydrolysis) is 1. The highest BCUT2D eigenvalue weighted by Crippen LogP contribution is 2.31. The summed E-state index contributed by atoms with van der Waals surface area (Å²) < 4.78 is 5.50. The van der Waals surface area contributed by atoms with Crippen molar-refractivity contribution in [1.29, 1.82) is 0 Å². The Balaban J connectivity index is 3.70. The van der Waals surface area contributed by atoms with Crippen LogP contribution in [0.4, 0.5) is 4.79 Å². The lowest BCUT2D eigenvalue weighted by Crippen LogP contribution is -2.56. The third-order valence-electron chi connectivity index (χ3n) is 6.27. The molecule has 3 atom stereocenters. The van der Waals surface area contributed by atoms with Gasteiger partial charge in [-0.25, -0.2) is 4.79 Å². The van der Waals surface area contributed by atoms with Crippen molar-refractivity contribution < 1.29 is 19.1 Å². The number of nitrogens with one attached hydrogen (secondary N) is 2. The zero-order valence-electron chi connectivity index (χ0n) is 25.9. The second-order valence-electron chi connectivity index (χ2n) is 12.8. The van der Waals surface area contributed by atoms with E-state index in [-0.39, 0.29) is 29.8 Å². The summed E-state index contributed by atoms with van der Waals surface area (Å²) >= 11 is 0. The minimum atomic E-state index is -0.831. The Morgan fingerprint density at radius 3 is 2.00 bits per heavy atom. The van der Waals surface area contributed by atoms with Gasteiger partial charge in [-0.1, -0.05) is 51.5 Å². The molecule has 0 saturated carbocycles. The molecule has 38 heavy (non-hydrogen) atoms. The molecule has 2 N–H and O–H groups in total. The molecule has 0 aliphatic heterocycles. The Morgan fingerprint density at radius 2 is 1.50 bits per heavy atom. The summed E-state index contributed by atoms with van der Waals surface area (Å²) in [5.41, 5.74) is 2.06. The molecular weight excluding hydrogens is 478 g/mol. The molecule has 0 aliphatic rings. The first kappa shape index (κ1) is 33.5. The number of amides is 3. The second-order valence-corrected chi connectivity index (χ2v) is 12.8. The van der Waals surface area contributed by atoms with Gasteiger partial charge in [0.2, 0.25) is 11.8 Å². The molecule has 0 heterocycles. The molecule has 0 aliphatic carbocycles. The number of ether oxygens (including phenoxy) is 1. The smallest absolute Gasteiger partial charge is 0.408 e. The van der Waals surface area contributed by atoms with Crippen molar-refractivity contribution in [1.82, 2.24) is 15.5 Å². The highest BCUT2D eigenvalue weighted by Gasteiger charge is 2.39. The van der Waals surface area contributed by atoms with Crippen LogP contribution in [0.3, 0.4) is 0 Å². The number of nitrogens with zero attached hydrogens (tertiary/aromatic N) is 1. The van der Waals surface area contributed by atoms with Crippen LogP contribution in [0, 0.1) is 25.7 Å². The maximum Gasteiger partial charge on any atom is 0.408 e. The van der Waals surface area contributed by atoms with E-state index in [1.54, 1.807) is 25.7 Å². The van der Waals surface area contributed by atoms with Crippen molar-refractivity contribution in [2.75, 3.05) is 0 Å². The molecule has 1 aromatic carbocycles. The van der Waals surface area contributed by atoms with E-state index in [1.165, 1.54) is 0 Å². The summed E-state index contributed by atoms with van der Waals surface area (Å²) in [6.07, 6.45) is 1.43. The van der Waals surface area contributed by atoms with Gasteiger partial charge < -0.3 is 20.3 Å². The lowest BCUT2D eigenvalue weighted by Gasteiger charge is -2.40. The van der Waals surface area contributed by atoms with Gasteiger partial charge in [-0.05, 0) is 97.6 Å². The standard InChI is InChI=1S/C31H53N3O4/c1-19(2)13-16-24(9)34(29(36)26(17-20(3)4)33-30(37)38-31(10,11)12)27(28(35)32-21(5)6)25-18-22(7)14-15-23(25)8/h14-15,18-21,24,26-27H,13,16-17H2,1-12H3,(H,32,35)(H,33,37). The summed E-state index contributed by atoms with van der Waals surface area (Å²) in [5.74, 6) is 0.0874. The van der Waals surface area contributed by atoms with Crippen LogP contribution in [-0.2, 0) is 14.3 Å². The van der Waals surface area contributed by atoms with Crippen LogP contribution in [0.5, 0.6) is 0 Å². The third-order valence-corrected chi connectivity index (χ3v) is 6.27. The molecule has 0 radical (unpaired) electrons. The Kier molecular flexibility index (Phi) is 12.8. The van der Waals surface area contributed by atoms with E-state index in [2.05, 4.69) is 24.5 Å². The number of carbonyl (C=O) groups excluding carboxylic acids is 3. The molecule has 216 valence electrons. The monoisotopic (exact) mass is 531 g/mol. The lowest BCUT2D eigenvalue weighted by molar-refractivity contribution is -0.145. The molecule has 0 saturated heterocycles. The van der Waals surface area contributed by atoms with Gasteiger partial charge in [-0.3, -0.25) is 9.59 Å². The number of hydrogen-bond acceptors (Lipinski definition) is 4. The maximum absolute atomic E-state index is 14.4. The van der Waals surface area contributed by atoms with Crippen molar-refractivity contribution in [3.8, 4) is 0 Å². The van der Waals surface area contributed by atoms with Gasteiger partial charge in [0, 0.05) is 12.1 Å². The quantitative estimate of drug-likeness (QED) is 0.324. The number of rotatable bonds is 12. The van der Waals surface area contributed by atoms with Crippen LogP contribution < -0.4 is 10.6 Å². The van der Waals surface area contributed by atoms with Crippen molar-refractivity contribution in [2.24, 2.45) is 11.8 Å². The first-order chi connectivity index (χ1) is 17.4. The highest BCUT2D eigenvalue weighted by molar-refractivity contribution is 5.92. The SMILES string of the molecule is Cc1ccc(C)c(C(C(=O)NC(C)C)N(C(=O)C(CC(C)C)NC(=O)OC(C)(C)C)C(C)CCC(C)C)c1. The zero-order chi connectivity index (χ0) is 29.4. The van der Waals surface area contributed by atoms with E-state index in [1.807, 2.05) is 66.7 Å². The summed E-state index contributed by atoms with van der Waals surface area (Å²) in [5, 5.41) is 5.88. The Labute approximate surface area is 231 Å². The minimum absolute atomic E-state index is 0.0932. The number of benzene rings is 1. The van der Waals surface area contributed by atoms with Crippen LogP contribution in [0.2, 0.25) is 0 Å². The van der Waals surface area contributed by atoms with Crippen molar-refractivity contribution in [3.63, 3.8) is 0 Å². The van der Waals surface area contributed by atoms with E-state index >= 15 is 0 Å². The molecule has 0 fully saturated rings. The summed E-state index contributed by atoms with van der Waals surface area (Å²) in [7, 11) is 0. The van der Waals surface area contributed by atoms with Gasteiger partial charge in [-0.15, -0.1) is 0 Å². The van der Waals surface area contributed by atoms with Gasteiger partial charge in [0.05, 0.1) is 0 Å². The average Bonchev–Trinajstić information content (AvgIpc) is 2.74. The number of hydrogen-bond donors (Lipinski definition) is 2. The second kappa shape index (κ2) is 14.5. The molecule has 3 amide bonds. The van der Waals surface area contributed by atoms with Crippen molar-refractivity contribution in [2.45, 2.75) is 132 Å². The topological polar surface area (TPSA) is 87.7 Å². The fourth-order valence-corrected chi connectivity index (χ4v) is 4.47. The molecular formula is C31H53N3O4. The fourth-order valence-electron chi connectivity index (χ4n) is 4.47. The molecule has 3 unspecified atom stereocenters. The summed E-state index contributed by atoms with van der Waals surface area (Å²) in [4.78, 5) is 42.8. The first-order valence-corrected chi connectivity index (χ1v) is 14.1. The Bertz CT molecular complexity index is 934. The van der Waals surface area contributed by atoms with Crippen LogP contribution in [-0.4, -0.2) is 46.5 Å². The van der Waals surface area contributed by atoms with Gasteiger partial charge >= 0.3 is 6.09 Å². The summed E-state index contributed by atoms with van der Waals surface area (Å²) in [6, 6.07) is 4.01. The van der Waals surface area contributed by atoms with Gasteiger partial charge in [-0.2, -0.15) is 0 Å². The highest BCUT2D eigenvalue weighted by atomic mass is 16.6. The van der Waals surface area contributed by atoms with E-state index in [9.17, 15) is 14.4 Å². The van der Waals surface area contributed by atoms with Crippen molar-refractivity contribution >= 4 is 17.9 Å². The van der Waals surface area contributed by atoms with Crippen LogP contribution in [0.15, 0.2) is 18.2 Å². The number of aryl methyl sites for hydroxylation is 2. The van der Waals surface area contributed by atoms with Gasteiger partial charge in [0.15, 0.2) is 0 Å². The normalized spacial score (nSPS) is 14.3. The lowest BCUT2D eigenvalue weighted by atomic mass is 9.92. The molecule has 1 aromatic rings. The third kappa shape index (κ3) is 11.0. The van der Waals surface area contributed by atoms with E-state index in [0.29, 0.717) is 12.3 Å². The fraction of sp³-hybridized carbons (Fsp3) is 0.710. The zero-order valence-corrected chi connectivity index (χ0v) is 25.9. The predicted octanol–water partition coefficient (Wildman–Crippen LogP) is 6.46. The average molecular weight is 532 g/mol. The van der Waals surface area contributed by atoms with Crippen LogP contribution >= 0.6 is 0 Å². The van der Waals surface area contributed by atoms with Gasteiger partial charge in [0.25, 0.3) is 0 Å². The minimum Gasteiger partial charge on any atom is -0.444 e. The molecule has 1 rings (SSSR count).